The first-order valence-corrected chi connectivity index (χ1v) is 5.14. The third-order valence-corrected chi connectivity index (χ3v) is 3.43. The van der Waals surface area contributed by atoms with Crippen LogP contribution in [-0.4, -0.2) is 23.4 Å². The van der Waals surface area contributed by atoms with Crippen molar-refractivity contribution >= 4 is 5.78 Å². The molecule has 3 unspecified atom stereocenters. The topological polar surface area (TPSA) is 42.0 Å². The van der Waals surface area contributed by atoms with Crippen LogP contribution in [0.25, 0.3) is 0 Å². The molecule has 15 heavy (non-hydrogen) atoms. The van der Waals surface area contributed by atoms with Crippen LogP contribution >= 0.6 is 0 Å². The SMILES string of the molecule is O=C(c1cncc(F)c1)C1C2CNC1C2. The van der Waals surface area contributed by atoms with Crippen LogP contribution in [0.4, 0.5) is 4.39 Å². The molecule has 1 saturated carbocycles. The van der Waals surface area contributed by atoms with Gasteiger partial charge in [-0.2, -0.15) is 0 Å². The van der Waals surface area contributed by atoms with Crippen LogP contribution in [0.1, 0.15) is 16.8 Å². The third kappa shape index (κ3) is 1.28. The highest BCUT2D eigenvalue weighted by Gasteiger charge is 2.50. The van der Waals surface area contributed by atoms with E-state index in [1.165, 1.54) is 12.3 Å². The molecule has 3 fully saturated rings. The highest BCUT2D eigenvalue weighted by atomic mass is 19.1. The molecule has 3 aliphatic rings. The van der Waals surface area contributed by atoms with Gasteiger partial charge in [0.2, 0.25) is 0 Å². The van der Waals surface area contributed by atoms with Crippen molar-refractivity contribution in [3.05, 3.63) is 29.8 Å². The van der Waals surface area contributed by atoms with E-state index in [-0.39, 0.29) is 11.7 Å². The maximum absolute atomic E-state index is 12.9. The fourth-order valence-corrected chi connectivity index (χ4v) is 2.61. The Labute approximate surface area is 86.7 Å². The Hall–Kier alpha value is -1.29. The zero-order valence-electron chi connectivity index (χ0n) is 8.11. The maximum atomic E-state index is 12.9. The summed E-state index contributed by atoms with van der Waals surface area (Å²) in [5.74, 6) is 0.0908. The molecule has 1 aromatic heterocycles. The minimum Gasteiger partial charge on any atom is -0.313 e. The molecule has 0 aromatic carbocycles. The van der Waals surface area contributed by atoms with E-state index in [9.17, 15) is 9.18 Å². The van der Waals surface area contributed by atoms with Gasteiger partial charge in [0, 0.05) is 23.7 Å². The van der Waals surface area contributed by atoms with Crippen molar-refractivity contribution in [1.29, 1.82) is 0 Å². The Morgan fingerprint density at radius 3 is 3.00 bits per heavy atom. The summed E-state index contributed by atoms with van der Waals surface area (Å²) in [6.45, 7) is 0.920. The lowest BCUT2D eigenvalue weighted by atomic mass is 9.70. The van der Waals surface area contributed by atoms with E-state index in [1.807, 2.05) is 0 Å². The van der Waals surface area contributed by atoms with E-state index >= 15 is 0 Å². The molecule has 78 valence electrons. The van der Waals surface area contributed by atoms with E-state index < -0.39 is 5.82 Å². The van der Waals surface area contributed by atoms with Crippen LogP contribution in [0.5, 0.6) is 0 Å². The molecular weight excluding hydrogens is 195 g/mol. The van der Waals surface area contributed by atoms with E-state index in [2.05, 4.69) is 10.3 Å². The summed E-state index contributed by atoms with van der Waals surface area (Å²) in [5, 5.41) is 3.27. The fourth-order valence-electron chi connectivity index (χ4n) is 2.61. The average molecular weight is 206 g/mol. The summed E-state index contributed by atoms with van der Waals surface area (Å²) >= 11 is 0. The molecule has 1 N–H and O–H groups in total. The Bertz CT molecular complexity index is 407. The van der Waals surface area contributed by atoms with Gasteiger partial charge in [-0.05, 0) is 24.9 Å². The summed E-state index contributed by atoms with van der Waals surface area (Å²) in [4.78, 5) is 15.7. The smallest absolute Gasteiger partial charge is 0.169 e. The number of rotatable bonds is 2. The van der Waals surface area contributed by atoms with Gasteiger partial charge in [0.25, 0.3) is 0 Å². The number of hydrogen-bond donors (Lipinski definition) is 1. The predicted molar refractivity (Wildman–Crippen MR) is 51.9 cm³/mol. The molecule has 4 rings (SSSR count). The zero-order valence-corrected chi connectivity index (χ0v) is 8.11. The van der Waals surface area contributed by atoms with Gasteiger partial charge >= 0.3 is 0 Å². The van der Waals surface area contributed by atoms with Crippen molar-refractivity contribution in [2.75, 3.05) is 6.54 Å². The number of fused-ring (bicyclic) bond motifs is 1. The molecule has 3 nitrogen and oxygen atoms in total. The average Bonchev–Trinajstić information content (AvgIpc) is 2.79. The first-order valence-electron chi connectivity index (χ1n) is 5.14. The molecule has 3 atom stereocenters. The van der Waals surface area contributed by atoms with Crippen molar-refractivity contribution in [1.82, 2.24) is 10.3 Å². The van der Waals surface area contributed by atoms with E-state index in [0.29, 0.717) is 17.5 Å². The van der Waals surface area contributed by atoms with Crippen molar-refractivity contribution in [2.45, 2.75) is 12.5 Å². The van der Waals surface area contributed by atoms with Crippen molar-refractivity contribution < 1.29 is 9.18 Å². The number of carbonyl (C=O) groups is 1. The zero-order chi connectivity index (χ0) is 10.4. The number of carbonyl (C=O) groups excluding carboxylic acids is 1. The Kier molecular flexibility index (Phi) is 1.85. The normalized spacial score (nSPS) is 32.5. The largest absolute Gasteiger partial charge is 0.313 e. The van der Waals surface area contributed by atoms with Gasteiger partial charge < -0.3 is 5.32 Å². The van der Waals surface area contributed by atoms with Gasteiger partial charge in [-0.25, -0.2) is 4.39 Å². The van der Waals surface area contributed by atoms with Gasteiger partial charge in [0.1, 0.15) is 5.82 Å². The number of aromatic nitrogens is 1. The molecule has 2 bridgehead atoms. The molecule has 2 saturated heterocycles. The molecule has 1 aromatic rings. The van der Waals surface area contributed by atoms with Gasteiger partial charge in [-0.15, -0.1) is 0 Å². The molecule has 0 spiro atoms. The van der Waals surface area contributed by atoms with E-state index in [1.54, 1.807) is 0 Å². The monoisotopic (exact) mass is 206 g/mol. The maximum Gasteiger partial charge on any atom is 0.169 e. The lowest BCUT2D eigenvalue weighted by Crippen LogP contribution is -2.42. The second-order valence-electron chi connectivity index (χ2n) is 4.29. The second-order valence-corrected chi connectivity index (χ2v) is 4.29. The second kappa shape index (κ2) is 3.10. The first-order chi connectivity index (χ1) is 7.25. The number of Topliss-reactive ketones (excluding diaryl/α,β-unsaturated/α-hetero) is 1. The molecule has 0 amide bonds. The highest BCUT2D eigenvalue weighted by Crippen LogP contribution is 2.41. The molecule has 2 aliphatic heterocycles. The Balaban J connectivity index is 1.86. The summed E-state index contributed by atoms with van der Waals surface area (Å²) < 4.78 is 12.9. The Morgan fingerprint density at radius 1 is 1.53 bits per heavy atom. The van der Waals surface area contributed by atoms with Crippen LogP contribution in [0, 0.1) is 17.7 Å². The molecule has 3 heterocycles. The quantitative estimate of drug-likeness (QED) is 0.734. The highest BCUT2D eigenvalue weighted by molar-refractivity contribution is 5.99. The number of halogens is 1. The number of nitrogens with one attached hydrogen (secondary N) is 1. The van der Waals surface area contributed by atoms with Crippen LogP contribution in [-0.2, 0) is 0 Å². The van der Waals surface area contributed by atoms with Gasteiger partial charge in [0.05, 0.1) is 6.20 Å². The van der Waals surface area contributed by atoms with Crippen LogP contribution < -0.4 is 5.32 Å². The standard InChI is InChI=1S/C11H11FN2O/c12-8-1-7(3-13-5-8)11(15)10-6-2-9(10)14-4-6/h1,3,5-6,9-10,14H,2,4H2. The third-order valence-electron chi connectivity index (χ3n) is 3.43. The lowest BCUT2D eigenvalue weighted by Gasteiger charge is -2.32. The van der Waals surface area contributed by atoms with Crippen LogP contribution in [0.15, 0.2) is 18.5 Å². The minimum atomic E-state index is -0.444. The summed E-state index contributed by atoms with van der Waals surface area (Å²) in [5.41, 5.74) is 0.401. The molecule has 1 aliphatic carbocycles. The van der Waals surface area contributed by atoms with Gasteiger partial charge in [-0.3, -0.25) is 9.78 Å². The summed E-state index contributed by atoms with van der Waals surface area (Å²) in [7, 11) is 0. The number of hydrogen-bond acceptors (Lipinski definition) is 3. The number of ketones is 1. The summed E-state index contributed by atoms with van der Waals surface area (Å²) in [6, 6.07) is 1.58. The predicted octanol–water partition coefficient (Wildman–Crippen LogP) is 1.01. The van der Waals surface area contributed by atoms with E-state index in [4.69, 9.17) is 0 Å². The molecular formula is C11H11FN2O. The van der Waals surface area contributed by atoms with Crippen molar-refractivity contribution in [3.8, 4) is 0 Å². The fraction of sp³-hybridized carbons (Fsp3) is 0.455. The number of pyridine rings is 1. The minimum absolute atomic E-state index is 0.0354. The van der Waals surface area contributed by atoms with Gasteiger partial charge in [-0.1, -0.05) is 0 Å². The van der Waals surface area contributed by atoms with Gasteiger partial charge in [0.15, 0.2) is 5.78 Å². The lowest BCUT2D eigenvalue weighted by molar-refractivity contribution is 0.0783. The van der Waals surface area contributed by atoms with E-state index in [0.717, 1.165) is 19.2 Å². The van der Waals surface area contributed by atoms with Crippen LogP contribution in [0.3, 0.4) is 0 Å². The number of nitrogens with zero attached hydrogens (tertiary/aromatic N) is 1. The van der Waals surface area contributed by atoms with Crippen molar-refractivity contribution in [3.63, 3.8) is 0 Å². The summed E-state index contributed by atoms with van der Waals surface area (Å²) in [6.07, 6.45) is 3.65. The molecule has 4 heteroatoms. The first kappa shape index (κ1) is 8.97. The van der Waals surface area contributed by atoms with Crippen molar-refractivity contribution in [2.24, 2.45) is 11.8 Å². The molecule has 0 radical (unpaired) electrons. The Morgan fingerprint density at radius 2 is 2.40 bits per heavy atom. The van der Waals surface area contributed by atoms with Crippen LogP contribution in [0.2, 0.25) is 0 Å².